The Balaban J connectivity index is 2.83. The van der Waals surface area contributed by atoms with Gasteiger partial charge in [0.2, 0.25) is 0 Å². The van der Waals surface area contributed by atoms with Crippen LogP contribution in [0.15, 0.2) is 23.3 Å². The first-order valence-corrected chi connectivity index (χ1v) is 6.19. The van der Waals surface area contributed by atoms with E-state index in [0.29, 0.717) is 0 Å². The maximum atomic E-state index is 4.27. The van der Waals surface area contributed by atoms with Crippen LogP contribution in [0, 0.1) is 10.6 Å². The highest BCUT2D eigenvalue weighted by atomic mass is 127. The molecule has 0 aromatic carbocycles. The maximum absolute atomic E-state index is 4.27. The van der Waals surface area contributed by atoms with Crippen LogP contribution in [0.5, 0.6) is 0 Å². The Labute approximate surface area is 106 Å². The average Bonchev–Trinajstić information content (AvgIpc) is 2.18. The molecule has 76 valence electrons. The van der Waals surface area contributed by atoms with Crippen molar-refractivity contribution >= 4 is 44.2 Å². The van der Waals surface area contributed by atoms with Gasteiger partial charge in [0.1, 0.15) is 3.70 Å². The summed E-state index contributed by atoms with van der Waals surface area (Å²) in [6.45, 7) is 6.66. The summed E-state index contributed by atoms with van der Waals surface area (Å²) in [6, 6.07) is 0. The predicted molar refractivity (Wildman–Crippen MR) is 72.7 cm³/mol. The van der Waals surface area contributed by atoms with Crippen LogP contribution in [0.25, 0.3) is 0 Å². The molecule has 1 N–H and O–H groups in total. The van der Waals surface area contributed by atoms with Gasteiger partial charge in [-0.1, -0.05) is 6.08 Å². The van der Waals surface area contributed by atoms with Crippen LogP contribution < -0.4 is 5.32 Å². The summed E-state index contributed by atoms with van der Waals surface area (Å²) in [7, 11) is 0. The summed E-state index contributed by atoms with van der Waals surface area (Å²) in [5, 5.41) is 3.35. The van der Waals surface area contributed by atoms with Crippen molar-refractivity contribution in [2.24, 2.45) is 0 Å². The first-order chi connectivity index (χ1) is 6.66. The second-order valence-electron chi connectivity index (χ2n) is 2.90. The molecule has 0 radical (unpaired) electrons. The van der Waals surface area contributed by atoms with Crippen LogP contribution in [0.3, 0.4) is 0 Å². The van der Waals surface area contributed by atoms with Crippen LogP contribution in [0.1, 0.15) is 12.0 Å². The van der Waals surface area contributed by atoms with Crippen molar-refractivity contribution in [2.45, 2.75) is 13.3 Å². The Kier molecular flexibility index (Phi) is 4.88. The standard InChI is InChI=1S/C10H12BrIN2/c1-3-4-5-13-9-7(2)8(11)6-14-10(9)12/h3,6,13H,1,4-5H2,2H3. The zero-order valence-corrected chi connectivity index (χ0v) is 11.7. The Hall–Kier alpha value is -0.100. The van der Waals surface area contributed by atoms with Gasteiger partial charge < -0.3 is 5.32 Å². The lowest BCUT2D eigenvalue weighted by atomic mass is 10.2. The smallest absolute Gasteiger partial charge is 0.124 e. The van der Waals surface area contributed by atoms with E-state index >= 15 is 0 Å². The van der Waals surface area contributed by atoms with Crippen LogP contribution in [-0.4, -0.2) is 11.5 Å². The molecule has 0 unspecified atom stereocenters. The first kappa shape index (κ1) is 12.0. The number of rotatable bonds is 4. The molecule has 4 heteroatoms. The van der Waals surface area contributed by atoms with E-state index in [-0.39, 0.29) is 0 Å². The molecular formula is C10H12BrIN2. The van der Waals surface area contributed by atoms with Crippen LogP contribution in [0.2, 0.25) is 0 Å². The minimum atomic E-state index is 0.901. The third-order valence-corrected chi connectivity index (χ3v) is 3.50. The summed E-state index contributed by atoms with van der Waals surface area (Å²) in [5.41, 5.74) is 2.32. The van der Waals surface area contributed by atoms with Crippen molar-refractivity contribution in [2.75, 3.05) is 11.9 Å². The van der Waals surface area contributed by atoms with Crippen molar-refractivity contribution in [1.82, 2.24) is 4.98 Å². The van der Waals surface area contributed by atoms with E-state index in [1.165, 1.54) is 5.56 Å². The maximum Gasteiger partial charge on any atom is 0.124 e. The molecule has 1 aromatic heterocycles. The zero-order chi connectivity index (χ0) is 10.6. The van der Waals surface area contributed by atoms with Crippen LogP contribution >= 0.6 is 38.5 Å². The van der Waals surface area contributed by atoms with Gasteiger partial charge in [-0.3, -0.25) is 0 Å². The largest absolute Gasteiger partial charge is 0.382 e. The van der Waals surface area contributed by atoms with Gasteiger partial charge in [-0.2, -0.15) is 0 Å². The van der Waals surface area contributed by atoms with Gasteiger partial charge in [0.05, 0.1) is 5.69 Å². The van der Waals surface area contributed by atoms with E-state index < -0.39 is 0 Å². The van der Waals surface area contributed by atoms with E-state index in [4.69, 9.17) is 0 Å². The van der Waals surface area contributed by atoms with Gasteiger partial charge >= 0.3 is 0 Å². The van der Waals surface area contributed by atoms with Gasteiger partial charge in [-0.15, -0.1) is 6.58 Å². The summed E-state index contributed by atoms with van der Waals surface area (Å²) >= 11 is 5.70. The van der Waals surface area contributed by atoms with Crippen molar-refractivity contribution < 1.29 is 0 Å². The molecule has 1 rings (SSSR count). The Morgan fingerprint density at radius 2 is 2.43 bits per heavy atom. The van der Waals surface area contributed by atoms with Gasteiger partial charge in [-0.05, 0) is 57.4 Å². The minimum absolute atomic E-state index is 0.901. The predicted octanol–water partition coefficient (Wildman–Crippen LogP) is 3.75. The van der Waals surface area contributed by atoms with Crippen LogP contribution in [-0.2, 0) is 0 Å². The van der Waals surface area contributed by atoms with Crippen molar-refractivity contribution in [3.8, 4) is 0 Å². The molecule has 14 heavy (non-hydrogen) atoms. The fraction of sp³-hybridized carbons (Fsp3) is 0.300. The molecule has 0 aliphatic carbocycles. The molecular weight excluding hydrogens is 355 g/mol. The monoisotopic (exact) mass is 366 g/mol. The molecule has 0 bridgehead atoms. The van der Waals surface area contributed by atoms with E-state index in [1.807, 2.05) is 12.3 Å². The number of halogens is 2. The fourth-order valence-corrected chi connectivity index (χ4v) is 2.09. The third-order valence-electron chi connectivity index (χ3n) is 1.88. The zero-order valence-electron chi connectivity index (χ0n) is 7.98. The average molecular weight is 367 g/mol. The second-order valence-corrected chi connectivity index (χ2v) is 4.78. The summed E-state index contributed by atoms with van der Waals surface area (Å²) in [5.74, 6) is 0. The highest BCUT2D eigenvalue weighted by Gasteiger charge is 2.06. The second kappa shape index (κ2) is 5.70. The lowest BCUT2D eigenvalue weighted by Gasteiger charge is -2.11. The lowest BCUT2D eigenvalue weighted by molar-refractivity contribution is 1.05. The van der Waals surface area contributed by atoms with E-state index in [1.54, 1.807) is 0 Å². The normalized spacial score (nSPS) is 9.93. The number of aromatic nitrogens is 1. The van der Waals surface area contributed by atoms with Gasteiger partial charge in [0.25, 0.3) is 0 Å². The number of pyridine rings is 1. The number of hydrogen-bond donors (Lipinski definition) is 1. The number of nitrogens with one attached hydrogen (secondary N) is 1. The van der Waals surface area contributed by atoms with Gasteiger partial charge in [-0.25, -0.2) is 4.98 Å². The van der Waals surface area contributed by atoms with E-state index in [9.17, 15) is 0 Å². The van der Waals surface area contributed by atoms with Crippen LogP contribution in [0.4, 0.5) is 5.69 Å². The molecule has 0 atom stereocenters. The number of hydrogen-bond acceptors (Lipinski definition) is 2. The highest BCUT2D eigenvalue weighted by molar-refractivity contribution is 14.1. The molecule has 0 saturated heterocycles. The van der Waals surface area contributed by atoms with E-state index in [2.05, 4.69) is 62.3 Å². The molecule has 0 aliphatic rings. The topological polar surface area (TPSA) is 24.9 Å². The van der Waals surface area contributed by atoms with Crippen molar-refractivity contribution in [1.29, 1.82) is 0 Å². The number of nitrogens with zero attached hydrogens (tertiary/aromatic N) is 1. The summed E-state index contributed by atoms with van der Waals surface area (Å²) in [6.07, 6.45) is 4.69. The molecule has 0 amide bonds. The Morgan fingerprint density at radius 1 is 1.71 bits per heavy atom. The Bertz CT molecular complexity index is 339. The molecule has 0 saturated carbocycles. The quantitative estimate of drug-likeness (QED) is 0.380. The number of anilines is 1. The molecule has 1 aromatic rings. The SMILES string of the molecule is C=CCCNc1c(I)ncc(Br)c1C. The lowest BCUT2D eigenvalue weighted by Crippen LogP contribution is -2.05. The third kappa shape index (κ3) is 2.95. The molecule has 0 aliphatic heterocycles. The molecule has 2 nitrogen and oxygen atoms in total. The molecule has 1 heterocycles. The van der Waals surface area contributed by atoms with E-state index in [0.717, 1.165) is 26.8 Å². The van der Waals surface area contributed by atoms with Crippen molar-refractivity contribution in [3.63, 3.8) is 0 Å². The summed E-state index contributed by atoms with van der Waals surface area (Å²) in [4.78, 5) is 4.27. The summed E-state index contributed by atoms with van der Waals surface area (Å²) < 4.78 is 2.05. The Morgan fingerprint density at radius 3 is 3.07 bits per heavy atom. The minimum Gasteiger partial charge on any atom is -0.382 e. The molecule has 0 fully saturated rings. The fourth-order valence-electron chi connectivity index (χ4n) is 1.05. The highest BCUT2D eigenvalue weighted by Crippen LogP contribution is 2.26. The van der Waals surface area contributed by atoms with Gasteiger partial charge in [0.15, 0.2) is 0 Å². The molecule has 0 spiro atoms. The van der Waals surface area contributed by atoms with Gasteiger partial charge in [0, 0.05) is 17.2 Å². The van der Waals surface area contributed by atoms with Crippen molar-refractivity contribution in [3.05, 3.63) is 32.6 Å². The first-order valence-electron chi connectivity index (χ1n) is 4.32.